The first kappa shape index (κ1) is 14.7. The molecule has 1 aliphatic rings. The number of anilines is 1. The summed E-state index contributed by atoms with van der Waals surface area (Å²) >= 11 is 0. The summed E-state index contributed by atoms with van der Waals surface area (Å²) in [7, 11) is 0. The zero-order valence-electron chi connectivity index (χ0n) is 9.97. The van der Waals surface area contributed by atoms with Crippen molar-refractivity contribution < 1.29 is 47.7 Å². The topological polar surface area (TPSA) is 119 Å². The van der Waals surface area contributed by atoms with Gasteiger partial charge in [-0.1, -0.05) is 0 Å². The fraction of sp³-hybridized carbons (Fsp3) is 0.500. The fourth-order valence-electron chi connectivity index (χ4n) is 2.09. The SMILES string of the molecule is Nc1n[c-]nc2c1ncn2[C@H]1CC(O)[C@@H](CO)O1.[Y]. The van der Waals surface area contributed by atoms with Crippen molar-refractivity contribution in [1.29, 1.82) is 0 Å². The maximum atomic E-state index is 9.70. The first-order valence-electron chi connectivity index (χ1n) is 5.51. The van der Waals surface area contributed by atoms with Crippen LogP contribution in [-0.2, 0) is 37.4 Å². The number of nitrogen functional groups attached to an aromatic ring is 1. The Balaban J connectivity index is 0.00000133. The van der Waals surface area contributed by atoms with Gasteiger partial charge in [0.1, 0.15) is 12.3 Å². The predicted octanol–water partition coefficient (Wildman–Crippen LogP) is -1.15. The van der Waals surface area contributed by atoms with Crippen molar-refractivity contribution >= 4 is 17.0 Å². The monoisotopic (exact) mass is 339 g/mol. The number of hydrogen-bond donors (Lipinski definition) is 3. The van der Waals surface area contributed by atoms with Crippen LogP contribution in [0.1, 0.15) is 12.6 Å². The van der Waals surface area contributed by atoms with Crippen molar-refractivity contribution in [3.8, 4) is 0 Å². The average molecular weight is 339 g/mol. The number of nitrogens with zero attached hydrogens (tertiary/aromatic N) is 4. The van der Waals surface area contributed by atoms with Gasteiger partial charge in [-0.05, 0) is 0 Å². The molecule has 3 heterocycles. The molecule has 3 rings (SSSR count). The summed E-state index contributed by atoms with van der Waals surface area (Å²) in [5.74, 6) is 0.246. The third-order valence-electron chi connectivity index (χ3n) is 3.03. The van der Waals surface area contributed by atoms with E-state index in [1.165, 1.54) is 6.33 Å². The second kappa shape index (κ2) is 5.76. The van der Waals surface area contributed by atoms with Gasteiger partial charge in [0.2, 0.25) is 0 Å². The largest absolute Gasteiger partial charge is 0.433 e. The summed E-state index contributed by atoms with van der Waals surface area (Å²) in [4.78, 5) is 11.8. The van der Waals surface area contributed by atoms with Crippen LogP contribution in [0.2, 0.25) is 0 Å². The van der Waals surface area contributed by atoms with E-state index in [1.54, 1.807) is 4.57 Å². The molecule has 0 amide bonds. The Morgan fingerprint density at radius 3 is 3.00 bits per heavy atom. The van der Waals surface area contributed by atoms with Gasteiger partial charge < -0.3 is 35.2 Å². The van der Waals surface area contributed by atoms with Gasteiger partial charge in [-0.15, -0.1) is 0 Å². The molecule has 4 N–H and O–H groups in total. The van der Waals surface area contributed by atoms with Crippen LogP contribution in [0.5, 0.6) is 0 Å². The molecule has 9 heteroatoms. The second-order valence-corrected chi connectivity index (χ2v) is 4.15. The number of ether oxygens (including phenoxy) is 1. The molecule has 19 heavy (non-hydrogen) atoms. The molecule has 2 aromatic heterocycles. The minimum Gasteiger partial charge on any atom is -0.433 e. The fourth-order valence-corrected chi connectivity index (χ4v) is 2.09. The maximum Gasteiger partial charge on any atom is 0.129 e. The molecular weight excluding hydrogens is 327 g/mol. The summed E-state index contributed by atoms with van der Waals surface area (Å²) < 4.78 is 7.18. The summed E-state index contributed by atoms with van der Waals surface area (Å²) in [5, 5.41) is 18.7. The van der Waals surface area contributed by atoms with E-state index in [-0.39, 0.29) is 45.1 Å². The van der Waals surface area contributed by atoms with Crippen LogP contribution >= 0.6 is 0 Å². The number of aliphatic hydroxyl groups is 2. The zero-order valence-corrected chi connectivity index (χ0v) is 12.8. The summed E-state index contributed by atoms with van der Waals surface area (Å²) in [6.45, 7) is -0.229. The van der Waals surface area contributed by atoms with Gasteiger partial charge in [-0.25, -0.2) is 0 Å². The van der Waals surface area contributed by atoms with Crippen LogP contribution in [-0.4, -0.2) is 48.5 Å². The molecule has 0 spiro atoms. The van der Waals surface area contributed by atoms with Crippen LogP contribution in [0.25, 0.3) is 11.2 Å². The van der Waals surface area contributed by atoms with E-state index in [2.05, 4.69) is 21.3 Å². The Bertz CT molecular complexity index is 577. The van der Waals surface area contributed by atoms with Crippen molar-refractivity contribution in [2.24, 2.45) is 0 Å². The Morgan fingerprint density at radius 2 is 2.32 bits per heavy atom. The van der Waals surface area contributed by atoms with E-state index in [9.17, 15) is 5.11 Å². The van der Waals surface area contributed by atoms with Crippen LogP contribution in [0, 0.1) is 6.33 Å². The molecule has 0 aliphatic carbocycles. The third kappa shape index (κ3) is 2.51. The maximum absolute atomic E-state index is 9.70. The molecule has 8 nitrogen and oxygen atoms in total. The van der Waals surface area contributed by atoms with E-state index < -0.39 is 18.4 Å². The van der Waals surface area contributed by atoms with Gasteiger partial charge in [0.15, 0.2) is 0 Å². The van der Waals surface area contributed by atoms with Crippen LogP contribution in [0.15, 0.2) is 6.33 Å². The molecule has 1 aliphatic heterocycles. The number of nitrogens with two attached hydrogens (primary N) is 1. The van der Waals surface area contributed by atoms with Crippen LogP contribution in [0.3, 0.4) is 0 Å². The van der Waals surface area contributed by atoms with Crippen molar-refractivity contribution in [2.45, 2.75) is 24.9 Å². The van der Waals surface area contributed by atoms with Crippen LogP contribution < -0.4 is 5.73 Å². The van der Waals surface area contributed by atoms with Crippen LogP contribution in [0.4, 0.5) is 5.82 Å². The molecule has 1 fully saturated rings. The number of aromatic nitrogens is 4. The number of rotatable bonds is 2. The Labute approximate surface area is 133 Å². The Morgan fingerprint density at radius 1 is 1.53 bits per heavy atom. The number of imidazole rings is 1. The third-order valence-corrected chi connectivity index (χ3v) is 3.03. The van der Waals surface area contributed by atoms with Gasteiger partial charge in [0.05, 0.1) is 24.7 Å². The van der Waals surface area contributed by atoms with Crippen molar-refractivity contribution in [3.05, 3.63) is 12.7 Å². The minimum absolute atomic E-state index is 0. The minimum atomic E-state index is -0.708. The standard InChI is InChI=1S/C10H12N5O3.Y/c11-9-8-10(13-3-12-9)15(4-14-8)7-1-5(17)6(2-16)18-7;/h4-7,16-17H,1-2H2,(H2,11,12,13);/q-1;/t5?,6-,7-;/m1./s1. The molecule has 1 unspecified atom stereocenters. The summed E-state index contributed by atoms with van der Waals surface area (Å²) in [6.07, 6.45) is 2.61. The smallest absolute Gasteiger partial charge is 0.129 e. The molecule has 3 atom stereocenters. The quantitative estimate of drug-likeness (QED) is 0.591. The number of hydrogen-bond acceptors (Lipinski definition) is 7. The second-order valence-electron chi connectivity index (χ2n) is 4.15. The molecule has 1 saturated heterocycles. The van der Waals surface area contributed by atoms with Gasteiger partial charge in [-0.2, -0.15) is 0 Å². The van der Waals surface area contributed by atoms with E-state index >= 15 is 0 Å². The molecule has 0 bridgehead atoms. The average Bonchev–Trinajstić information content (AvgIpc) is 2.93. The van der Waals surface area contributed by atoms with Crippen molar-refractivity contribution in [3.63, 3.8) is 0 Å². The summed E-state index contributed by atoms with van der Waals surface area (Å²) in [5.41, 5.74) is 6.63. The Hall–Kier alpha value is -0.666. The molecule has 0 saturated carbocycles. The summed E-state index contributed by atoms with van der Waals surface area (Å²) in [6, 6.07) is 0. The molecule has 0 aromatic carbocycles. The first-order chi connectivity index (χ1) is 8.70. The van der Waals surface area contributed by atoms with E-state index in [4.69, 9.17) is 15.6 Å². The number of fused-ring (bicyclic) bond motifs is 1. The van der Waals surface area contributed by atoms with E-state index in [1.807, 2.05) is 0 Å². The van der Waals surface area contributed by atoms with E-state index in [0.29, 0.717) is 17.6 Å². The number of aliphatic hydroxyl groups excluding tert-OH is 2. The molecule has 2 aromatic rings. The molecule has 1 radical (unpaired) electrons. The zero-order chi connectivity index (χ0) is 12.7. The predicted molar refractivity (Wildman–Crippen MR) is 60.2 cm³/mol. The first-order valence-corrected chi connectivity index (χ1v) is 5.51. The molecule has 99 valence electrons. The Kier molecular flexibility index (Phi) is 4.47. The van der Waals surface area contributed by atoms with Gasteiger partial charge >= 0.3 is 0 Å². The molecular formula is C10H12N5O3Y-. The van der Waals surface area contributed by atoms with E-state index in [0.717, 1.165) is 0 Å². The normalized spacial score (nSPS) is 26.5. The van der Waals surface area contributed by atoms with Gasteiger partial charge in [0, 0.05) is 56.8 Å². The van der Waals surface area contributed by atoms with Crippen molar-refractivity contribution in [2.75, 3.05) is 12.3 Å². The van der Waals surface area contributed by atoms with Crippen molar-refractivity contribution in [1.82, 2.24) is 19.5 Å². The van der Waals surface area contributed by atoms with Gasteiger partial charge in [-0.3, -0.25) is 4.98 Å². The van der Waals surface area contributed by atoms with Gasteiger partial charge in [0.25, 0.3) is 0 Å².